The molecule has 3 rings (SSSR count). The molecule has 0 spiro atoms. The second-order valence-corrected chi connectivity index (χ2v) is 6.53. The Morgan fingerprint density at radius 3 is 2.89 bits per heavy atom. The van der Waals surface area contributed by atoms with Crippen LogP contribution >= 0.6 is 11.3 Å². The molecule has 0 aliphatic heterocycles. The van der Waals surface area contributed by atoms with Crippen LogP contribution in [-0.4, -0.2) is 30.7 Å². The van der Waals surface area contributed by atoms with Gasteiger partial charge in [-0.25, -0.2) is 9.78 Å². The molecule has 2 aromatic heterocycles. The predicted molar refractivity (Wildman–Crippen MR) is 106 cm³/mol. The average molecular weight is 401 g/mol. The molecule has 0 unspecified atom stereocenters. The number of nitrogens with two attached hydrogens (primary N) is 1. The first kappa shape index (κ1) is 19.4. The van der Waals surface area contributed by atoms with Crippen molar-refractivity contribution >= 4 is 39.3 Å². The van der Waals surface area contributed by atoms with E-state index in [-0.39, 0.29) is 24.9 Å². The zero-order valence-corrected chi connectivity index (χ0v) is 16.2. The van der Waals surface area contributed by atoms with E-state index in [1.165, 1.54) is 17.5 Å². The van der Waals surface area contributed by atoms with Crippen LogP contribution in [0.1, 0.15) is 22.8 Å². The Balaban J connectivity index is 1.83. The molecule has 0 bridgehead atoms. The van der Waals surface area contributed by atoms with Gasteiger partial charge in [0.15, 0.2) is 5.75 Å². The summed E-state index contributed by atoms with van der Waals surface area (Å²) in [6.07, 6.45) is 0.593. The number of pyridine rings is 1. The Labute approximate surface area is 165 Å². The van der Waals surface area contributed by atoms with Gasteiger partial charge < -0.3 is 25.3 Å². The molecule has 0 aliphatic rings. The van der Waals surface area contributed by atoms with E-state index < -0.39 is 6.16 Å². The van der Waals surface area contributed by atoms with Gasteiger partial charge in [0.05, 0.1) is 17.5 Å². The number of aromatic nitrogens is 1. The lowest BCUT2D eigenvalue weighted by molar-refractivity contribution is 0.0961. The molecule has 0 saturated carbocycles. The number of carbonyl (C=O) groups is 2. The van der Waals surface area contributed by atoms with Crippen molar-refractivity contribution in [3.8, 4) is 11.5 Å². The fraction of sp³-hybridized carbons (Fsp3) is 0.211. The number of benzene rings is 1. The van der Waals surface area contributed by atoms with Crippen molar-refractivity contribution < 1.29 is 23.8 Å². The fourth-order valence-electron chi connectivity index (χ4n) is 2.56. The van der Waals surface area contributed by atoms with Crippen LogP contribution in [0, 0.1) is 0 Å². The number of fused-ring (bicyclic) bond motifs is 1. The fourth-order valence-corrected chi connectivity index (χ4v) is 3.57. The van der Waals surface area contributed by atoms with Gasteiger partial charge in [0.25, 0.3) is 5.91 Å². The Morgan fingerprint density at radius 1 is 1.32 bits per heavy atom. The molecule has 146 valence electrons. The molecule has 9 heteroatoms. The Morgan fingerprint density at radius 2 is 2.14 bits per heavy atom. The Bertz CT molecular complexity index is 1020. The van der Waals surface area contributed by atoms with Gasteiger partial charge in [-0.05, 0) is 30.5 Å². The highest BCUT2D eigenvalue weighted by molar-refractivity contribution is 7.17. The minimum absolute atomic E-state index is 0.194. The normalized spacial score (nSPS) is 10.5. The number of thiophene rings is 1. The van der Waals surface area contributed by atoms with Crippen LogP contribution in [-0.2, 0) is 11.3 Å². The van der Waals surface area contributed by atoms with Crippen molar-refractivity contribution in [3.63, 3.8) is 0 Å². The second-order valence-electron chi connectivity index (χ2n) is 5.65. The molecule has 0 radical (unpaired) electrons. The van der Waals surface area contributed by atoms with E-state index in [2.05, 4.69) is 10.3 Å². The molecule has 3 aromatic rings. The molecular formula is C19H19N3O5S. The summed E-state index contributed by atoms with van der Waals surface area (Å²) >= 11 is 1.36. The molecule has 0 saturated heterocycles. The van der Waals surface area contributed by atoms with Gasteiger partial charge in [-0.2, -0.15) is 0 Å². The third kappa shape index (κ3) is 4.15. The van der Waals surface area contributed by atoms with Gasteiger partial charge in [0, 0.05) is 23.6 Å². The molecule has 1 amide bonds. The minimum Gasteiger partial charge on any atom is -0.489 e. The Kier molecular flexibility index (Phi) is 5.95. The van der Waals surface area contributed by atoms with E-state index in [9.17, 15) is 9.59 Å². The first-order chi connectivity index (χ1) is 13.5. The number of hydrogen-bond donors (Lipinski definition) is 2. The van der Waals surface area contributed by atoms with Gasteiger partial charge in [-0.3, -0.25) is 4.79 Å². The zero-order valence-electron chi connectivity index (χ0n) is 15.4. The summed E-state index contributed by atoms with van der Waals surface area (Å²) in [5.74, 6) is 0.942. The minimum atomic E-state index is -0.799. The van der Waals surface area contributed by atoms with Crippen molar-refractivity contribution in [2.24, 2.45) is 0 Å². The van der Waals surface area contributed by atoms with E-state index in [1.54, 1.807) is 38.2 Å². The highest BCUT2D eigenvalue weighted by atomic mass is 32.1. The highest BCUT2D eigenvalue weighted by Gasteiger charge is 2.17. The summed E-state index contributed by atoms with van der Waals surface area (Å²) < 4.78 is 16.5. The summed E-state index contributed by atoms with van der Waals surface area (Å²) in [4.78, 5) is 27.5. The van der Waals surface area contributed by atoms with Crippen LogP contribution in [0.15, 0.2) is 35.8 Å². The second kappa shape index (κ2) is 8.57. The van der Waals surface area contributed by atoms with Crippen LogP contribution in [0.5, 0.6) is 11.5 Å². The number of rotatable bonds is 6. The van der Waals surface area contributed by atoms with Crippen molar-refractivity contribution in [1.82, 2.24) is 10.3 Å². The standard InChI is InChI=1S/C19H19N3O5S/c1-3-25-19(24)27-14-8-22-17(20)15-12(10-28-16(14)15)9-26-13-6-4-5-11(7-13)18(23)21-2/h4-8,10H,3,9H2,1-2H3,(H2,20,22)(H,21,23). The zero-order chi connectivity index (χ0) is 20.1. The molecule has 3 N–H and O–H groups in total. The molecule has 0 aliphatic carbocycles. The molecule has 1 aromatic carbocycles. The van der Waals surface area contributed by atoms with E-state index in [4.69, 9.17) is 19.9 Å². The van der Waals surface area contributed by atoms with Crippen molar-refractivity contribution in [2.75, 3.05) is 19.4 Å². The van der Waals surface area contributed by atoms with Crippen LogP contribution in [0.4, 0.5) is 10.6 Å². The third-order valence-electron chi connectivity index (χ3n) is 3.84. The summed E-state index contributed by atoms with van der Waals surface area (Å²) in [6, 6.07) is 6.86. The average Bonchev–Trinajstić information content (AvgIpc) is 3.13. The number of ether oxygens (including phenoxy) is 3. The topological polar surface area (TPSA) is 113 Å². The molecule has 2 heterocycles. The maximum atomic E-state index is 11.7. The lowest BCUT2D eigenvalue weighted by Gasteiger charge is -2.09. The van der Waals surface area contributed by atoms with E-state index in [1.807, 2.05) is 5.38 Å². The van der Waals surface area contributed by atoms with Crippen LogP contribution in [0.25, 0.3) is 10.1 Å². The summed E-state index contributed by atoms with van der Waals surface area (Å²) in [5, 5.41) is 5.10. The van der Waals surface area contributed by atoms with Crippen LogP contribution in [0.3, 0.4) is 0 Å². The smallest absolute Gasteiger partial charge is 0.489 e. The number of anilines is 1. The summed E-state index contributed by atoms with van der Waals surface area (Å²) in [5.41, 5.74) is 7.32. The van der Waals surface area contributed by atoms with Gasteiger partial charge in [0.2, 0.25) is 0 Å². The number of carbonyl (C=O) groups excluding carboxylic acids is 2. The van der Waals surface area contributed by atoms with Gasteiger partial charge in [-0.1, -0.05) is 6.07 Å². The van der Waals surface area contributed by atoms with E-state index in [0.29, 0.717) is 27.2 Å². The SMILES string of the molecule is CCOC(=O)Oc1cnc(N)c2c(COc3cccc(C(=O)NC)c3)csc12. The summed E-state index contributed by atoms with van der Waals surface area (Å²) in [7, 11) is 1.57. The number of hydrogen-bond acceptors (Lipinski definition) is 8. The maximum absolute atomic E-state index is 11.7. The number of amides is 1. The van der Waals surface area contributed by atoms with Crippen molar-refractivity contribution in [2.45, 2.75) is 13.5 Å². The Hall–Kier alpha value is -3.33. The van der Waals surface area contributed by atoms with Gasteiger partial charge >= 0.3 is 6.16 Å². The van der Waals surface area contributed by atoms with Crippen LogP contribution < -0.4 is 20.5 Å². The molecule has 0 fully saturated rings. The third-order valence-corrected chi connectivity index (χ3v) is 4.88. The first-order valence-electron chi connectivity index (χ1n) is 8.47. The summed E-state index contributed by atoms with van der Waals surface area (Å²) in [6.45, 7) is 2.12. The van der Waals surface area contributed by atoms with E-state index >= 15 is 0 Å². The van der Waals surface area contributed by atoms with Crippen LogP contribution in [0.2, 0.25) is 0 Å². The monoisotopic (exact) mass is 401 g/mol. The van der Waals surface area contributed by atoms with E-state index in [0.717, 1.165) is 5.56 Å². The van der Waals surface area contributed by atoms with Crippen molar-refractivity contribution in [3.05, 3.63) is 47.0 Å². The lowest BCUT2D eigenvalue weighted by Crippen LogP contribution is -2.17. The number of nitrogen functional groups attached to an aromatic ring is 1. The van der Waals surface area contributed by atoms with Gasteiger partial charge in [0.1, 0.15) is 18.2 Å². The number of nitrogens with zero attached hydrogens (tertiary/aromatic N) is 1. The molecule has 8 nitrogen and oxygen atoms in total. The molecule has 0 atom stereocenters. The predicted octanol–water partition coefficient (Wildman–Crippen LogP) is 3.35. The molecular weight excluding hydrogens is 382 g/mol. The van der Waals surface area contributed by atoms with Crippen molar-refractivity contribution in [1.29, 1.82) is 0 Å². The lowest BCUT2D eigenvalue weighted by atomic mass is 10.2. The highest BCUT2D eigenvalue weighted by Crippen LogP contribution is 2.37. The quantitative estimate of drug-likeness (QED) is 0.609. The number of nitrogens with one attached hydrogen (secondary N) is 1. The van der Waals surface area contributed by atoms with Gasteiger partial charge in [-0.15, -0.1) is 11.3 Å². The largest absolute Gasteiger partial charge is 0.513 e. The maximum Gasteiger partial charge on any atom is 0.513 e. The first-order valence-corrected chi connectivity index (χ1v) is 9.35. The molecule has 28 heavy (non-hydrogen) atoms.